The molecule has 0 unspecified atom stereocenters. The fraction of sp³-hybridized carbons (Fsp3) is 0.429. The highest BCUT2D eigenvalue weighted by Crippen LogP contribution is 2.11. The molecule has 0 aliphatic rings. The number of hydrogen-bond donors (Lipinski definition) is 2. The van der Waals surface area contributed by atoms with E-state index in [4.69, 9.17) is 10.5 Å². The lowest BCUT2D eigenvalue weighted by Crippen LogP contribution is -2.34. The van der Waals surface area contributed by atoms with Gasteiger partial charge in [-0.2, -0.15) is 0 Å². The van der Waals surface area contributed by atoms with E-state index >= 15 is 0 Å². The molecule has 0 amide bonds. The number of hydrogen-bond acceptors (Lipinski definition) is 5. The minimum Gasteiger partial charge on any atom is -0.503 e. The Morgan fingerprint density at radius 2 is 1.93 bits per heavy atom. The molecular weight excluding hydrogens is 380 g/mol. The SMILES string of the molecule is CCCCCCn1cc(O)c(=O)cc1COC(=O)[C@@H](N)Cc1ccccc1.Cl. The van der Waals surface area contributed by atoms with Crippen molar-refractivity contribution in [2.75, 3.05) is 0 Å². The van der Waals surface area contributed by atoms with Gasteiger partial charge < -0.3 is 20.1 Å². The quantitative estimate of drug-likeness (QED) is 0.465. The third-order valence-corrected chi connectivity index (χ3v) is 4.41. The summed E-state index contributed by atoms with van der Waals surface area (Å²) in [5, 5.41) is 9.70. The van der Waals surface area contributed by atoms with E-state index in [2.05, 4.69) is 6.92 Å². The summed E-state index contributed by atoms with van der Waals surface area (Å²) in [4.78, 5) is 24.0. The summed E-state index contributed by atoms with van der Waals surface area (Å²) in [5.74, 6) is -0.821. The van der Waals surface area contributed by atoms with Crippen LogP contribution in [0.15, 0.2) is 47.4 Å². The van der Waals surface area contributed by atoms with Gasteiger partial charge in [-0.15, -0.1) is 12.4 Å². The number of halogens is 1. The maximum Gasteiger partial charge on any atom is 0.323 e. The molecule has 2 rings (SSSR count). The van der Waals surface area contributed by atoms with E-state index in [0.29, 0.717) is 18.7 Å². The summed E-state index contributed by atoms with van der Waals surface area (Å²) in [6.45, 7) is 2.73. The molecule has 7 heteroatoms. The number of rotatable bonds is 10. The number of aromatic nitrogens is 1. The van der Waals surface area contributed by atoms with Gasteiger partial charge in [-0.3, -0.25) is 9.59 Å². The first-order chi connectivity index (χ1) is 13.0. The second-order valence-corrected chi connectivity index (χ2v) is 6.67. The molecule has 0 spiro atoms. The highest BCUT2D eigenvalue weighted by Gasteiger charge is 2.17. The molecule has 6 nitrogen and oxygen atoms in total. The van der Waals surface area contributed by atoms with E-state index in [-0.39, 0.29) is 24.8 Å². The van der Waals surface area contributed by atoms with Crippen molar-refractivity contribution in [3.8, 4) is 5.75 Å². The minimum absolute atomic E-state index is 0. The first-order valence-corrected chi connectivity index (χ1v) is 9.39. The molecule has 1 aromatic carbocycles. The maximum atomic E-state index is 12.2. The highest BCUT2D eigenvalue weighted by molar-refractivity contribution is 5.85. The van der Waals surface area contributed by atoms with E-state index in [0.717, 1.165) is 31.2 Å². The normalized spacial score (nSPS) is 11.5. The number of carbonyl (C=O) groups is 1. The average Bonchev–Trinajstić information content (AvgIpc) is 2.67. The van der Waals surface area contributed by atoms with Crippen molar-refractivity contribution in [2.45, 2.75) is 58.2 Å². The predicted molar refractivity (Wildman–Crippen MR) is 112 cm³/mol. The van der Waals surface area contributed by atoms with E-state index in [1.807, 2.05) is 30.3 Å². The lowest BCUT2D eigenvalue weighted by molar-refractivity contribution is -0.146. The molecule has 2 aromatic rings. The number of esters is 1. The number of nitrogens with zero attached hydrogens (tertiary/aromatic N) is 1. The molecule has 1 aromatic heterocycles. The van der Waals surface area contributed by atoms with Crippen molar-refractivity contribution in [1.29, 1.82) is 0 Å². The zero-order chi connectivity index (χ0) is 19.6. The number of carbonyl (C=O) groups excluding carboxylic acids is 1. The summed E-state index contributed by atoms with van der Waals surface area (Å²) in [6.07, 6.45) is 6.03. The molecule has 28 heavy (non-hydrogen) atoms. The molecule has 0 fully saturated rings. The van der Waals surface area contributed by atoms with Gasteiger partial charge in [0, 0.05) is 12.6 Å². The first-order valence-electron chi connectivity index (χ1n) is 9.39. The van der Waals surface area contributed by atoms with Crippen LogP contribution in [0.4, 0.5) is 0 Å². The second-order valence-electron chi connectivity index (χ2n) is 6.67. The van der Waals surface area contributed by atoms with E-state index in [1.165, 1.54) is 12.3 Å². The molecule has 0 saturated carbocycles. The Hall–Kier alpha value is -2.31. The summed E-state index contributed by atoms with van der Waals surface area (Å²) < 4.78 is 7.09. The van der Waals surface area contributed by atoms with Gasteiger partial charge >= 0.3 is 5.97 Å². The minimum atomic E-state index is -0.769. The monoisotopic (exact) mass is 408 g/mol. The Labute approximate surface area is 171 Å². The van der Waals surface area contributed by atoms with Crippen molar-refractivity contribution < 1.29 is 14.6 Å². The number of unbranched alkanes of at least 4 members (excludes halogenated alkanes) is 3. The number of ether oxygens (including phenoxy) is 1. The highest BCUT2D eigenvalue weighted by atomic mass is 35.5. The van der Waals surface area contributed by atoms with Crippen LogP contribution in [0.3, 0.4) is 0 Å². The Bertz CT molecular complexity index is 793. The van der Waals surface area contributed by atoms with Crippen molar-refractivity contribution in [1.82, 2.24) is 4.57 Å². The summed E-state index contributed by atoms with van der Waals surface area (Å²) in [5.41, 5.74) is 6.96. The Morgan fingerprint density at radius 1 is 1.21 bits per heavy atom. The third-order valence-electron chi connectivity index (χ3n) is 4.41. The number of nitrogens with two attached hydrogens (primary N) is 1. The standard InChI is InChI=1S/C21H28N2O4.ClH/c1-2-3-4-8-11-23-14-20(25)19(24)13-17(23)15-27-21(26)18(22)12-16-9-6-5-7-10-16;/h5-7,9-10,13-14,18,25H,2-4,8,11-12,15,22H2,1H3;1H/t18-;/m0./s1. The van der Waals surface area contributed by atoms with Crippen molar-refractivity contribution in [3.05, 3.63) is 64.1 Å². The van der Waals surface area contributed by atoms with Crippen molar-refractivity contribution in [2.24, 2.45) is 5.73 Å². The molecule has 154 valence electrons. The van der Waals surface area contributed by atoms with Crippen LogP contribution >= 0.6 is 12.4 Å². The number of pyridine rings is 1. The van der Waals surface area contributed by atoms with Gasteiger partial charge in [-0.05, 0) is 18.4 Å². The summed E-state index contributed by atoms with van der Waals surface area (Å²) in [7, 11) is 0. The van der Waals surface area contributed by atoms with Crippen LogP contribution in [0, 0.1) is 0 Å². The van der Waals surface area contributed by atoms with Crippen LogP contribution in [0.25, 0.3) is 0 Å². The second kappa shape index (κ2) is 12.2. The Morgan fingerprint density at radius 3 is 2.61 bits per heavy atom. The van der Waals surface area contributed by atoms with Crippen LogP contribution in [-0.4, -0.2) is 21.7 Å². The van der Waals surface area contributed by atoms with Gasteiger partial charge in [0.05, 0.1) is 11.9 Å². The predicted octanol–water partition coefficient (Wildman–Crippen LogP) is 3.17. The fourth-order valence-corrected chi connectivity index (χ4v) is 2.85. The maximum absolute atomic E-state index is 12.2. The molecule has 0 bridgehead atoms. The van der Waals surface area contributed by atoms with Gasteiger partial charge in [0.2, 0.25) is 5.43 Å². The van der Waals surface area contributed by atoms with Crippen LogP contribution < -0.4 is 11.2 Å². The molecular formula is C21H29ClN2O4. The fourth-order valence-electron chi connectivity index (χ4n) is 2.85. The molecule has 0 aliphatic carbocycles. The largest absolute Gasteiger partial charge is 0.503 e. The average molecular weight is 409 g/mol. The van der Waals surface area contributed by atoms with Crippen LogP contribution in [-0.2, 0) is 29.1 Å². The molecule has 1 heterocycles. The lowest BCUT2D eigenvalue weighted by atomic mass is 10.1. The summed E-state index contributed by atoms with van der Waals surface area (Å²) in [6, 6.07) is 10.0. The van der Waals surface area contributed by atoms with Crippen LogP contribution in [0.1, 0.15) is 43.9 Å². The zero-order valence-corrected chi connectivity index (χ0v) is 17.0. The van der Waals surface area contributed by atoms with Crippen LogP contribution in [0.2, 0.25) is 0 Å². The lowest BCUT2D eigenvalue weighted by Gasteiger charge is -2.16. The van der Waals surface area contributed by atoms with Gasteiger partial charge in [0.15, 0.2) is 5.75 Å². The topological polar surface area (TPSA) is 94.5 Å². The molecule has 3 N–H and O–H groups in total. The smallest absolute Gasteiger partial charge is 0.323 e. The molecule has 0 aliphatic heterocycles. The number of aryl methyl sites for hydroxylation is 1. The van der Waals surface area contributed by atoms with Gasteiger partial charge in [-0.1, -0.05) is 56.5 Å². The van der Waals surface area contributed by atoms with E-state index < -0.39 is 17.4 Å². The van der Waals surface area contributed by atoms with E-state index in [1.54, 1.807) is 4.57 Å². The molecule has 0 radical (unpaired) electrons. The van der Waals surface area contributed by atoms with Crippen molar-refractivity contribution in [3.63, 3.8) is 0 Å². The Kier molecular flexibility index (Phi) is 10.3. The molecule has 0 saturated heterocycles. The van der Waals surface area contributed by atoms with E-state index in [9.17, 15) is 14.7 Å². The van der Waals surface area contributed by atoms with Gasteiger partial charge in [0.25, 0.3) is 0 Å². The van der Waals surface area contributed by atoms with Gasteiger partial charge in [0.1, 0.15) is 12.6 Å². The van der Waals surface area contributed by atoms with Crippen molar-refractivity contribution >= 4 is 18.4 Å². The molecule has 1 atom stereocenters. The number of aromatic hydroxyl groups is 1. The Balaban J connectivity index is 0.00000392. The first kappa shape index (κ1) is 23.7. The summed E-state index contributed by atoms with van der Waals surface area (Å²) >= 11 is 0. The zero-order valence-electron chi connectivity index (χ0n) is 16.2. The van der Waals surface area contributed by atoms with Gasteiger partial charge in [-0.25, -0.2) is 0 Å². The number of benzene rings is 1. The van der Waals surface area contributed by atoms with Crippen LogP contribution in [0.5, 0.6) is 5.75 Å². The third kappa shape index (κ3) is 7.37.